The Hall–Kier alpha value is -2.61. The zero-order valence-electron chi connectivity index (χ0n) is 16.4. The predicted molar refractivity (Wildman–Crippen MR) is 109 cm³/mol. The van der Waals surface area contributed by atoms with Gasteiger partial charge in [-0.25, -0.2) is 4.68 Å². The van der Waals surface area contributed by atoms with Crippen molar-refractivity contribution in [1.82, 2.24) is 15.1 Å². The Morgan fingerprint density at radius 2 is 1.90 bits per heavy atom. The van der Waals surface area contributed by atoms with Gasteiger partial charge in [0.1, 0.15) is 11.4 Å². The van der Waals surface area contributed by atoms with Crippen molar-refractivity contribution in [2.75, 3.05) is 0 Å². The van der Waals surface area contributed by atoms with Gasteiger partial charge in [-0.1, -0.05) is 11.6 Å². The van der Waals surface area contributed by atoms with Gasteiger partial charge < -0.3 is 10.1 Å². The minimum absolute atomic E-state index is 0.0445. The van der Waals surface area contributed by atoms with E-state index in [0.29, 0.717) is 23.3 Å². The number of nitro benzene ring substituents is 1. The molecule has 4 saturated carbocycles. The Morgan fingerprint density at radius 3 is 2.53 bits per heavy atom. The fraction of sp³-hybridized carbons (Fsp3) is 0.524. The first-order valence-electron chi connectivity index (χ1n) is 10.4. The molecule has 1 aromatic heterocycles. The second kappa shape index (κ2) is 7.58. The number of nitrogens with one attached hydrogen (secondary N) is 1. The quantitative estimate of drug-likeness (QED) is 0.550. The highest BCUT2D eigenvalue weighted by Gasteiger charge is 2.48. The molecule has 30 heavy (non-hydrogen) atoms. The van der Waals surface area contributed by atoms with Crippen molar-refractivity contribution in [2.45, 2.75) is 44.9 Å². The summed E-state index contributed by atoms with van der Waals surface area (Å²) in [6.45, 7) is 0.0445. The Bertz CT molecular complexity index is 963. The zero-order valence-corrected chi connectivity index (χ0v) is 17.1. The predicted octanol–water partition coefficient (Wildman–Crippen LogP) is 4.04. The second-order valence-electron chi connectivity index (χ2n) is 8.82. The summed E-state index contributed by atoms with van der Waals surface area (Å²) in [5.74, 6) is 3.13. The van der Waals surface area contributed by atoms with E-state index in [-0.39, 0.29) is 29.4 Å². The fourth-order valence-electron chi connectivity index (χ4n) is 5.80. The van der Waals surface area contributed by atoms with Crippen LogP contribution in [0.15, 0.2) is 30.5 Å². The van der Waals surface area contributed by atoms with Crippen molar-refractivity contribution in [1.29, 1.82) is 0 Å². The molecule has 4 aliphatic carbocycles. The number of hydrogen-bond acceptors (Lipinski definition) is 5. The molecule has 0 unspecified atom stereocenters. The van der Waals surface area contributed by atoms with Gasteiger partial charge in [0.15, 0.2) is 6.73 Å². The van der Waals surface area contributed by atoms with Gasteiger partial charge in [-0.2, -0.15) is 5.10 Å². The normalized spacial score (nSPS) is 29.0. The molecule has 1 heterocycles. The number of carbonyl (C=O) groups excluding carboxylic acids is 1. The summed E-state index contributed by atoms with van der Waals surface area (Å²) >= 11 is 6.04. The van der Waals surface area contributed by atoms with E-state index in [1.807, 2.05) is 0 Å². The van der Waals surface area contributed by atoms with Crippen LogP contribution in [0.25, 0.3) is 0 Å². The molecule has 4 bridgehead atoms. The molecular weight excluding hydrogens is 408 g/mol. The molecule has 0 aliphatic heterocycles. The molecule has 8 nitrogen and oxygen atoms in total. The van der Waals surface area contributed by atoms with Crippen molar-refractivity contribution in [3.63, 3.8) is 0 Å². The van der Waals surface area contributed by atoms with Gasteiger partial charge in [0.25, 0.3) is 11.6 Å². The van der Waals surface area contributed by atoms with E-state index in [0.717, 1.165) is 11.8 Å². The number of amides is 1. The number of non-ortho nitro benzene ring substituents is 1. The number of rotatable bonds is 6. The van der Waals surface area contributed by atoms with Gasteiger partial charge in [-0.15, -0.1) is 0 Å². The van der Waals surface area contributed by atoms with Crippen LogP contribution in [0.5, 0.6) is 5.75 Å². The second-order valence-corrected chi connectivity index (χ2v) is 9.22. The van der Waals surface area contributed by atoms with E-state index >= 15 is 0 Å². The molecule has 0 radical (unpaired) electrons. The van der Waals surface area contributed by atoms with Crippen molar-refractivity contribution in [3.8, 4) is 5.75 Å². The first-order chi connectivity index (χ1) is 14.5. The molecule has 1 amide bonds. The molecule has 0 spiro atoms. The number of nitro groups is 1. The molecule has 0 atom stereocenters. The van der Waals surface area contributed by atoms with Crippen molar-refractivity contribution in [2.24, 2.45) is 23.7 Å². The minimum Gasteiger partial charge on any atom is -0.470 e. The number of nitrogens with zero attached hydrogens (tertiary/aromatic N) is 3. The smallest absolute Gasteiger partial charge is 0.272 e. The molecule has 0 saturated heterocycles. The van der Waals surface area contributed by atoms with Gasteiger partial charge in [-0.05, 0) is 67.9 Å². The molecule has 1 N–H and O–H groups in total. The third-order valence-electron chi connectivity index (χ3n) is 6.88. The fourth-order valence-corrected chi connectivity index (χ4v) is 6.03. The lowest BCUT2D eigenvalue weighted by atomic mass is 9.54. The van der Waals surface area contributed by atoms with Gasteiger partial charge in [0.05, 0.1) is 9.95 Å². The molecular formula is C21H23ClN4O4. The van der Waals surface area contributed by atoms with E-state index in [4.69, 9.17) is 16.3 Å². The number of halogens is 1. The molecule has 1 aromatic carbocycles. The lowest BCUT2D eigenvalue weighted by Gasteiger charge is -2.54. The molecule has 6 rings (SSSR count). The molecule has 4 fully saturated rings. The first kappa shape index (κ1) is 19.4. The van der Waals surface area contributed by atoms with E-state index in [1.54, 1.807) is 12.3 Å². The van der Waals surface area contributed by atoms with Gasteiger partial charge >= 0.3 is 0 Å². The third-order valence-corrected chi connectivity index (χ3v) is 7.17. The number of aromatic nitrogens is 2. The van der Waals surface area contributed by atoms with Crippen LogP contribution in [-0.2, 0) is 6.73 Å². The molecule has 4 aliphatic rings. The van der Waals surface area contributed by atoms with Crippen LogP contribution in [0.1, 0.15) is 42.6 Å². The summed E-state index contributed by atoms with van der Waals surface area (Å²) in [4.78, 5) is 23.0. The summed E-state index contributed by atoms with van der Waals surface area (Å²) in [7, 11) is 0. The Morgan fingerprint density at radius 1 is 1.20 bits per heavy atom. The van der Waals surface area contributed by atoms with E-state index in [1.165, 1.54) is 55.0 Å². The SMILES string of the molecule is O=C(NC1C2CC3CC(C2)CC1C3)c1ccn(COc2ccc([N+](=O)[O-])cc2Cl)n1. The van der Waals surface area contributed by atoms with E-state index < -0.39 is 4.92 Å². The van der Waals surface area contributed by atoms with Crippen LogP contribution < -0.4 is 10.1 Å². The average Bonchev–Trinajstić information content (AvgIpc) is 3.18. The number of ether oxygens (including phenoxy) is 1. The number of benzene rings is 1. The topological polar surface area (TPSA) is 99.3 Å². The Labute approximate surface area is 178 Å². The highest BCUT2D eigenvalue weighted by atomic mass is 35.5. The minimum atomic E-state index is -0.516. The van der Waals surface area contributed by atoms with Crippen LogP contribution in [-0.4, -0.2) is 26.7 Å². The van der Waals surface area contributed by atoms with Crippen molar-refractivity contribution < 1.29 is 14.5 Å². The largest absolute Gasteiger partial charge is 0.470 e. The summed E-state index contributed by atoms with van der Waals surface area (Å²) in [5.41, 5.74) is 0.261. The number of carbonyl (C=O) groups is 1. The zero-order chi connectivity index (χ0) is 20.8. The summed E-state index contributed by atoms with van der Waals surface area (Å²) in [5, 5.41) is 18.5. The van der Waals surface area contributed by atoms with Gasteiger partial charge in [0, 0.05) is 24.4 Å². The standard InChI is InChI=1S/C21H23ClN4O4/c22-17-10-16(26(28)29)1-2-19(17)30-11-25-4-3-18(24-25)21(27)23-20-14-6-12-5-13(8-14)9-15(20)7-12/h1-4,10,12-15,20H,5-9,11H2,(H,23,27). The van der Waals surface area contributed by atoms with Gasteiger partial charge in [-0.3, -0.25) is 14.9 Å². The number of hydrogen-bond donors (Lipinski definition) is 1. The highest BCUT2D eigenvalue weighted by molar-refractivity contribution is 6.32. The first-order valence-corrected chi connectivity index (χ1v) is 10.7. The third kappa shape index (κ3) is 3.64. The lowest BCUT2D eigenvalue weighted by molar-refractivity contribution is -0.384. The summed E-state index contributed by atoms with van der Waals surface area (Å²) in [6.07, 6.45) is 8.04. The van der Waals surface area contributed by atoms with Crippen molar-refractivity contribution in [3.05, 3.63) is 51.3 Å². The maximum Gasteiger partial charge on any atom is 0.272 e. The maximum absolute atomic E-state index is 12.8. The van der Waals surface area contributed by atoms with Crippen LogP contribution in [0.3, 0.4) is 0 Å². The summed E-state index contributed by atoms with van der Waals surface area (Å²) in [6, 6.07) is 5.96. The summed E-state index contributed by atoms with van der Waals surface area (Å²) < 4.78 is 7.10. The Kier molecular flexibility index (Phi) is 4.89. The van der Waals surface area contributed by atoms with Crippen LogP contribution >= 0.6 is 11.6 Å². The monoisotopic (exact) mass is 430 g/mol. The molecule has 9 heteroatoms. The van der Waals surface area contributed by atoms with E-state index in [9.17, 15) is 14.9 Å². The molecule has 2 aromatic rings. The maximum atomic E-state index is 12.8. The van der Waals surface area contributed by atoms with Crippen molar-refractivity contribution >= 4 is 23.2 Å². The lowest BCUT2D eigenvalue weighted by Crippen LogP contribution is -2.55. The van der Waals surface area contributed by atoms with Crippen LogP contribution in [0, 0.1) is 33.8 Å². The highest BCUT2D eigenvalue weighted by Crippen LogP contribution is 2.53. The average molecular weight is 431 g/mol. The van der Waals surface area contributed by atoms with Crippen LogP contribution in [0.2, 0.25) is 5.02 Å². The van der Waals surface area contributed by atoms with Crippen LogP contribution in [0.4, 0.5) is 5.69 Å². The molecule has 158 valence electrons. The van der Waals surface area contributed by atoms with Gasteiger partial charge in [0.2, 0.25) is 0 Å². The Balaban J connectivity index is 1.19. The van der Waals surface area contributed by atoms with E-state index in [2.05, 4.69) is 10.4 Å².